The molecule has 1 saturated carbocycles. The monoisotopic (exact) mass is 294 g/mol. The van der Waals surface area contributed by atoms with E-state index in [1.165, 1.54) is 31.7 Å². The van der Waals surface area contributed by atoms with Gasteiger partial charge in [0, 0.05) is 17.7 Å². The van der Waals surface area contributed by atoms with E-state index >= 15 is 0 Å². The van der Waals surface area contributed by atoms with E-state index in [0.717, 1.165) is 17.1 Å². The van der Waals surface area contributed by atoms with Crippen molar-refractivity contribution < 1.29 is 8.91 Å². The van der Waals surface area contributed by atoms with Gasteiger partial charge in [0.05, 0.1) is 11.6 Å². The van der Waals surface area contributed by atoms with E-state index in [2.05, 4.69) is 10.5 Å². The number of aromatic nitrogens is 1. The Morgan fingerprint density at radius 3 is 2.85 bits per heavy atom. The fraction of sp³-hybridized carbons (Fsp3) is 0.400. The maximum atomic E-state index is 13.1. The lowest BCUT2D eigenvalue weighted by Gasteiger charge is -2.04. The Labute approximate surface area is 122 Å². The molecule has 1 N–H and O–H groups in total. The van der Waals surface area contributed by atoms with Gasteiger partial charge in [-0.1, -0.05) is 29.6 Å². The van der Waals surface area contributed by atoms with E-state index < -0.39 is 5.82 Å². The van der Waals surface area contributed by atoms with Gasteiger partial charge < -0.3 is 9.84 Å². The van der Waals surface area contributed by atoms with Crippen LogP contribution in [0.25, 0.3) is 0 Å². The number of halogens is 2. The van der Waals surface area contributed by atoms with Crippen molar-refractivity contribution in [3.8, 4) is 0 Å². The molecule has 1 aromatic carbocycles. The first kappa shape index (κ1) is 13.4. The zero-order valence-electron chi connectivity index (χ0n) is 11.0. The summed E-state index contributed by atoms with van der Waals surface area (Å²) in [4.78, 5) is 0. The summed E-state index contributed by atoms with van der Waals surface area (Å²) in [6.45, 7) is 0.540. The Hall–Kier alpha value is -1.55. The summed E-state index contributed by atoms with van der Waals surface area (Å²) in [5.41, 5.74) is 1.62. The van der Waals surface area contributed by atoms with Crippen molar-refractivity contribution in [2.45, 2.75) is 38.1 Å². The molecule has 1 aromatic heterocycles. The van der Waals surface area contributed by atoms with Crippen LogP contribution >= 0.6 is 11.6 Å². The molecule has 0 spiro atoms. The fourth-order valence-electron chi connectivity index (χ4n) is 2.61. The summed E-state index contributed by atoms with van der Waals surface area (Å²) in [6, 6.07) is 6.57. The molecule has 0 atom stereocenters. The normalized spacial score (nSPS) is 15.7. The molecule has 2 aromatic rings. The van der Waals surface area contributed by atoms with E-state index in [-0.39, 0.29) is 5.02 Å². The van der Waals surface area contributed by atoms with Gasteiger partial charge in [0.25, 0.3) is 0 Å². The van der Waals surface area contributed by atoms with Crippen molar-refractivity contribution in [2.75, 3.05) is 5.32 Å². The summed E-state index contributed by atoms with van der Waals surface area (Å²) in [6.07, 6.45) is 4.92. The molecule has 1 fully saturated rings. The zero-order chi connectivity index (χ0) is 13.9. The second-order valence-electron chi connectivity index (χ2n) is 5.18. The Balaban J connectivity index is 1.61. The smallest absolute Gasteiger partial charge is 0.141 e. The van der Waals surface area contributed by atoms with Crippen molar-refractivity contribution in [1.29, 1.82) is 0 Å². The molecule has 5 heteroatoms. The SMILES string of the molecule is Fc1ccc(NCc2cc(C3CCCC3)on2)cc1Cl. The Morgan fingerprint density at radius 1 is 1.30 bits per heavy atom. The number of benzene rings is 1. The van der Waals surface area contributed by atoms with E-state index in [0.29, 0.717) is 12.5 Å². The zero-order valence-corrected chi connectivity index (χ0v) is 11.8. The molecule has 106 valence electrons. The Kier molecular flexibility index (Phi) is 3.92. The maximum Gasteiger partial charge on any atom is 0.141 e. The predicted octanol–water partition coefficient (Wildman–Crippen LogP) is 4.74. The molecule has 3 rings (SSSR count). The van der Waals surface area contributed by atoms with E-state index in [9.17, 15) is 4.39 Å². The van der Waals surface area contributed by atoms with Crippen LogP contribution in [0.5, 0.6) is 0 Å². The third-order valence-electron chi connectivity index (χ3n) is 3.73. The highest BCUT2D eigenvalue weighted by atomic mass is 35.5. The predicted molar refractivity (Wildman–Crippen MR) is 76.4 cm³/mol. The Bertz CT molecular complexity index is 593. The molecule has 0 saturated heterocycles. The van der Waals surface area contributed by atoms with Crippen LogP contribution < -0.4 is 5.32 Å². The second-order valence-corrected chi connectivity index (χ2v) is 5.59. The molecule has 1 aliphatic carbocycles. The largest absolute Gasteiger partial charge is 0.379 e. The van der Waals surface area contributed by atoms with E-state index in [4.69, 9.17) is 16.1 Å². The first-order valence-electron chi connectivity index (χ1n) is 6.87. The quantitative estimate of drug-likeness (QED) is 0.885. The molecule has 1 aliphatic rings. The van der Waals surface area contributed by atoms with E-state index in [1.807, 2.05) is 6.07 Å². The fourth-order valence-corrected chi connectivity index (χ4v) is 2.79. The van der Waals surface area contributed by atoms with Crippen molar-refractivity contribution in [3.05, 3.63) is 46.6 Å². The van der Waals surface area contributed by atoms with Crippen LogP contribution in [-0.4, -0.2) is 5.16 Å². The summed E-state index contributed by atoms with van der Waals surface area (Å²) < 4.78 is 18.5. The van der Waals surface area contributed by atoms with Crippen molar-refractivity contribution in [3.63, 3.8) is 0 Å². The molecule has 3 nitrogen and oxygen atoms in total. The molecule has 0 aliphatic heterocycles. The van der Waals surface area contributed by atoms with Gasteiger partial charge in [0.2, 0.25) is 0 Å². The number of hydrogen-bond donors (Lipinski definition) is 1. The minimum Gasteiger partial charge on any atom is -0.379 e. The maximum absolute atomic E-state index is 13.1. The first-order chi connectivity index (χ1) is 9.72. The molecule has 0 bridgehead atoms. The topological polar surface area (TPSA) is 38.1 Å². The van der Waals surface area contributed by atoms with Gasteiger partial charge in [-0.15, -0.1) is 0 Å². The van der Waals surface area contributed by atoms with Gasteiger partial charge >= 0.3 is 0 Å². The van der Waals surface area contributed by atoms with E-state index in [1.54, 1.807) is 12.1 Å². The second kappa shape index (κ2) is 5.83. The van der Waals surface area contributed by atoms with Crippen LogP contribution in [0.4, 0.5) is 10.1 Å². The van der Waals surface area contributed by atoms with Crippen LogP contribution in [0.3, 0.4) is 0 Å². The van der Waals surface area contributed by atoms with Crippen LogP contribution in [0.15, 0.2) is 28.8 Å². The van der Waals surface area contributed by atoms with Crippen molar-refractivity contribution in [1.82, 2.24) is 5.16 Å². The summed E-state index contributed by atoms with van der Waals surface area (Å²) in [5, 5.41) is 7.34. The number of nitrogens with zero attached hydrogens (tertiary/aromatic N) is 1. The number of anilines is 1. The number of hydrogen-bond acceptors (Lipinski definition) is 3. The van der Waals surface area contributed by atoms with Gasteiger partial charge in [-0.25, -0.2) is 4.39 Å². The molecule has 1 heterocycles. The lowest BCUT2D eigenvalue weighted by molar-refractivity contribution is 0.356. The van der Waals surface area contributed by atoms with Gasteiger partial charge in [-0.3, -0.25) is 0 Å². The molecule has 0 radical (unpaired) electrons. The average molecular weight is 295 g/mol. The van der Waals surface area contributed by atoms with Gasteiger partial charge in [-0.05, 0) is 31.0 Å². The summed E-state index contributed by atoms with van der Waals surface area (Å²) in [5.74, 6) is 1.09. The summed E-state index contributed by atoms with van der Waals surface area (Å²) >= 11 is 5.74. The lowest BCUT2D eigenvalue weighted by atomic mass is 10.1. The molecular weight excluding hydrogens is 279 g/mol. The third-order valence-corrected chi connectivity index (χ3v) is 4.02. The molecule has 20 heavy (non-hydrogen) atoms. The van der Waals surface area contributed by atoms with Gasteiger partial charge in [0.1, 0.15) is 17.3 Å². The van der Waals surface area contributed by atoms with Crippen LogP contribution in [0.1, 0.15) is 43.1 Å². The van der Waals surface area contributed by atoms with Crippen molar-refractivity contribution in [2.24, 2.45) is 0 Å². The highest BCUT2D eigenvalue weighted by molar-refractivity contribution is 6.31. The lowest BCUT2D eigenvalue weighted by Crippen LogP contribution is -1.99. The highest BCUT2D eigenvalue weighted by Crippen LogP contribution is 2.34. The highest BCUT2D eigenvalue weighted by Gasteiger charge is 2.21. The van der Waals surface area contributed by atoms with Crippen LogP contribution in [0.2, 0.25) is 5.02 Å². The number of rotatable bonds is 4. The first-order valence-corrected chi connectivity index (χ1v) is 7.24. The third kappa shape index (κ3) is 2.96. The van der Waals surface area contributed by atoms with Crippen LogP contribution in [-0.2, 0) is 6.54 Å². The minimum atomic E-state index is -0.415. The molecule has 0 unspecified atom stereocenters. The molecule has 0 amide bonds. The summed E-state index contributed by atoms with van der Waals surface area (Å²) in [7, 11) is 0. The minimum absolute atomic E-state index is 0.113. The molecular formula is C15H16ClFN2O. The van der Waals surface area contributed by atoms with Crippen molar-refractivity contribution >= 4 is 17.3 Å². The standard InChI is InChI=1S/C15H16ClFN2O/c16-13-7-11(5-6-14(13)17)18-9-12-8-15(20-19-12)10-3-1-2-4-10/h5-8,10,18H,1-4,9H2. The Morgan fingerprint density at radius 2 is 2.10 bits per heavy atom. The number of nitrogens with one attached hydrogen (secondary N) is 1. The average Bonchev–Trinajstić information content (AvgIpc) is 3.09. The van der Waals surface area contributed by atoms with Gasteiger partial charge in [0.15, 0.2) is 0 Å². The van der Waals surface area contributed by atoms with Gasteiger partial charge in [-0.2, -0.15) is 0 Å². The van der Waals surface area contributed by atoms with Crippen LogP contribution in [0, 0.1) is 5.82 Å².